The molecule has 1 amide bonds. The molecule has 1 aromatic carbocycles. The summed E-state index contributed by atoms with van der Waals surface area (Å²) in [7, 11) is 1.77. The first-order valence-corrected chi connectivity index (χ1v) is 9.59. The highest BCUT2D eigenvalue weighted by Crippen LogP contribution is 2.19. The number of hydrogen-bond acceptors (Lipinski definition) is 3. The molecule has 158 valence electrons. The molecule has 1 fully saturated rings. The topological polar surface area (TPSA) is 88.5 Å². The van der Waals surface area contributed by atoms with E-state index in [1.807, 2.05) is 12.3 Å². The summed E-state index contributed by atoms with van der Waals surface area (Å²) < 4.78 is 14.8. The maximum atomic E-state index is 13.0. The zero-order valence-corrected chi connectivity index (χ0v) is 18.9. The molecule has 0 saturated carbocycles. The monoisotopic (exact) mass is 514 g/mol. The van der Waals surface area contributed by atoms with E-state index in [9.17, 15) is 9.18 Å². The molecule has 0 aliphatic carbocycles. The summed E-state index contributed by atoms with van der Waals surface area (Å²) in [4.78, 5) is 17.8. The normalized spacial score (nSPS) is 17.0. The lowest BCUT2D eigenvalue weighted by atomic mass is 9.95. The van der Waals surface area contributed by atoms with Crippen molar-refractivity contribution in [3.63, 3.8) is 0 Å². The number of rotatable bonds is 6. The molecule has 1 aliphatic rings. The number of amides is 1. The Morgan fingerprint density at radius 3 is 2.79 bits per heavy atom. The van der Waals surface area contributed by atoms with Crippen molar-refractivity contribution in [2.45, 2.75) is 25.7 Å². The van der Waals surface area contributed by atoms with Crippen LogP contribution in [0.5, 0.6) is 0 Å². The molecule has 0 radical (unpaired) electrons. The van der Waals surface area contributed by atoms with Gasteiger partial charge in [-0.1, -0.05) is 0 Å². The Hall–Kier alpha value is -2.17. The van der Waals surface area contributed by atoms with E-state index in [0.717, 1.165) is 49.7 Å². The van der Waals surface area contributed by atoms with Crippen molar-refractivity contribution in [3.05, 3.63) is 48.0 Å². The van der Waals surface area contributed by atoms with E-state index in [-0.39, 0.29) is 41.6 Å². The van der Waals surface area contributed by atoms with Gasteiger partial charge in [-0.25, -0.2) is 9.07 Å². The van der Waals surface area contributed by atoms with Gasteiger partial charge in [0.15, 0.2) is 5.96 Å². The maximum Gasteiger partial charge on any atom is 0.217 e. The van der Waals surface area contributed by atoms with E-state index < -0.39 is 0 Å². The third kappa shape index (κ3) is 6.69. The van der Waals surface area contributed by atoms with Crippen LogP contribution in [0.15, 0.2) is 41.5 Å². The molecule has 3 N–H and O–H groups in total. The van der Waals surface area contributed by atoms with E-state index in [0.29, 0.717) is 13.0 Å². The minimum atomic E-state index is -0.262. The fourth-order valence-electron chi connectivity index (χ4n) is 3.58. The van der Waals surface area contributed by atoms with Gasteiger partial charge >= 0.3 is 0 Å². The second-order valence-corrected chi connectivity index (χ2v) is 7.08. The van der Waals surface area contributed by atoms with E-state index in [4.69, 9.17) is 5.73 Å². The molecule has 1 saturated heterocycles. The fraction of sp³-hybridized carbons (Fsp3) is 0.450. The van der Waals surface area contributed by atoms with Gasteiger partial charge < -0.3 is 16.0 Å². The van der Waals surface area contributed by atoms with Crippen LogP contribution in [0.4, 0.5) is 4.39 Å². The van der Waals surface area contributed by atoms with Crippen molar-refractivity contribution in [2.24, 2.45) is 16.6 Å². The molecular weight excluding hydrogens is 486 g/mol. The van der Waals surface area contributed by atoms with Gasteiger partial charge in [0.1, 0.15) is 5.82 Å². The number of carbonyl (C=O) groups is 1. The first-order valence-electron chi connectivity index (χ1n) is 9.59. The number of aliphatic imine (C=N–C) groups is 1. The number of benzene rings is 1. The minimum absolute atomic E-state index is 0. The predicted molar refractivity (Wildman–Crippen MR) is 122 cm³/mol. The Balaban J connectivity index is 0.00000300. The summed E-state index contributed by atoms with van der Waals surface area (Å²) in [6.45, 7) is 2.42. The number of halogens is 2. The van der Waals surface area contributed by atoms with Gasteiger partial charge in [-0.2, -0.15) is 5.10 Å². The molecule has 1 aromatic heterocycles. The van der Waals surface area contributed by atoms with Crippen LogP contribution in [-0.2, 0) is 11.2 Å². The molecule has 1 unspecified atom stereocenters. The SMILES string of the molecule is CN=C(NCCc1ccn(-c2ccc(F)cc2)n1)N1CCCC(CC(N)=O)C1.I. The van der Waals surface area contributed by atoms with Crippen LogP contribution in [0.2, 0.25) is 0 Å². The molecule has 29 heavy (non-hydrogen) atoms. The lowest BCUT2D eigenvalue weighted by Crippen LogP contribution is -2.47. The van der Waals surface area contributed by atoms with Crippen molar-refractivity contribution < 1.29 is 9.18 Å². The van der Waals surface area contributed by atoms with E-state index in [1.165, 1.54) is 12.1 Å². The average molecular weight is 514 g/mol. The third-order valence-corrected chi connectivity index (χ3v) is 4.92. The average Bonchev–Trinajstić information content (AvgIpc) is 3.14. The number of carbonyl (C=O) groups excluding carboxylic acids is 1. The van der Waals surface area contributed by atoms with Crippen LogP contribution in [0.3, 0.4) is 0 Å². The first-order chi connectivity index (χ1) is 13.5. The highest BCUT2D eigenvalue weighted by atomic mass is 127. The Morgan fingerprint density at radius 1 is 1.34 bits per heavy atom. The van der Waals surface area contributed by atoms with Crippen LogP contribution < -0.4 is 11.1 Å². The summed E-state index contributed by atoms with van der Waals surface area (Å²) >= 11 is 0. The highest BCUT2D eigenvalue weighted by Gasteiger charge is 2.23. The number of nitrogens with two attached hydrogens (primary N) is 1. The van der Waals surface area contributed by atoms with E-state index in [1.54, 1.807) is 23.9 Å². The lowest BCUT2D eigenvalue weighted by Gasteiger charge is -2.34. The van der Waals surface area contributed by atoms with Crippen molar-refractivity contribution >= 4 is 35.8 Å². The second-order valence-electron chi connectivity index (χ2n) is 7.08. The third-order valence-electron chi connectivity index (χ3n) is 4.92. The molecule has 0 bridgehead atoms. The van der Waals surface area contributed by atoms with Crippen LogP contribution in [0.25, 0.3) is 5.69 Å². The Morgan fingerprint density at radius 2 is 2.10 bits per heavy atom. The summed E-state index contributed by atoms with van der Waals surface area (Å²) in [5.41, 5.74) is 7.11. The van der Waals surface area contributed by atoms with Gasteiger partial charge in [-0.15, -0.1) is 24.0 Å². The van der Waals surface area contributed by atoms with Gasteiger partial charge in [0.25, 0.3) is 0 Å². The Bertz CT molecular complexity index is 823. The number of nitrogens with one attached hydrogen (secondary N) is 1. The van der Waals surface area contributed by atoms with E-state index in [2.05, 4.69) is 20.3 Å². The molecule has 2 heterocycles. The number of likely N-dealkylation sites (tertiary alicyclic amines) is 1. The van der Waals surface area contributed by atoms with Crippen LogP contribution >= 0.6 is 24.0 Å². The number of guanidine groups is 1. The fourth-order valence-corrected chi connectivity index (χ4v) is 3.58. The number of nitrogens with zero attached hydrogens (tertiary/aromatic N) is 4. The lowest BCUT2D eigenvalue weighted by molar-refractivity contribution is -0.119. The van der Waals surface area contributed by atoms with Crippen molar-refractivity contribution in [1.82, 2.24) is 20.0 Å². The van der Waals surface area contributed by atoms with Crippen molar-refractivity contribution in [3.8, 4) is 5.69 Å². The van der Waals surface area contributed by atoms with Crippen LogP contribution in [-0.4, -0.2) is 53.2 Å². The largest absolute Gasteiger partial charge is 0.370 e. The van der Waals surface area contributed by atoms with Gasteiger partial charge in [-0.3, -0.25) is 9.79 Å². The summed E-state index contributed by atoms with van der Waals surface area (Å²) in [5, 5.41) is 7.92. The standard InChI is InChI=1S/C20H27FN6O.HI/c1-23-20(26-11-2-3-15(14-26)13-19(22)28)24-10-8-17-9-12-27(25-17)18-6-4-16(21)5-7-18;/h4-7,9,12,15H,2-3,8,10-11,13-14H2,1H3,(H2,22,28)(H,23,24);1H. The number of piperidine rings is 1. The zero-order chi connectivity index (χ0) is 19.9. The van der Waals surface area contributed by atoms with Crippen molar-refractivity contribution in [1.29, 1.82) is 0 Å². The summed E-state index contributed by atoms with van der Waals surface area (Å²) in [6, 6.07) is 8.20. The molecule has 1 aliphatic heterocycles. The second kappa shape index (κ2) is 11.1. The summed E-state index contributed by atoms with van der Waals surface area (Å²) in [5.74, 6) is 0.623. The number of aromatic nitrogens is 2. The molecule has 1 atom stereocenters. The summed E-state index contributed by atoms with van der Waals surface area (Å²) in [6.07, 6.45) is 5.09. The number of primary amides is 1. The van der Waals surface area contributed by atoms with Gasteiger partial charge in [0.05, 0.1) is 11.4 Å². The van der Waals surface area contributed by atoms with Crippen molar-refractivity contribution in [2.75, 3.05) is 26.7 Å². The zero-order valence-electron chi connectivity index (χ0n) is 16.6. The Kier molecular flexibility index (Phi) is 8.87. The van der Waals surface area contributed by atoms with Gasteiger partial charge in [0, 0.05) is 45.7 Å². The van der Waals surface area contributed by atoms with E-state index >= 15 is 0 Å². The van der Waals surface area contributed by atoms with Crippen LogP contribution in [0, 0.1) is 11.7 Å². The smallest absolute Gasteiger partial charge is 0.217 e. The molecule has 2 aromatic rings. The molecular formula is C20H28FIN6O. The number of hydrogen-bond donors (Lipinski definition) is 2. The van der Waals surface area contributed by atoms with Crippen LogP contribution in [0.1, 0.15) is 25.0 Å². The highest BCUT2D eigenvalue weighted by molar-refractivity contribution is 14.0. The molecule has 7 nitrogen and oxygen atoms in total. The minimum Gasteiger partial charge on any atom is -0.370 e. The molecule has 9 heteroatoms. The Labute approximate surface area is 187 Å². The maximum absolute atomic E-state index is 13.0. The molecule has 0 spiro atoms. The molecule has 3 rings (SSSR count). The van der Waals surface area contributed by atoms with Gasteiger partial charge in [0.2, 0.25) is 5.91 Å². The quantitative estimate of drug-likeness (QED) is 0.352. The first kappa shape index (κ1) is 23.1. The predicted octanol–water partition coefficient (Wildman–Crippen LogP) is 2.33. The van der Waals surface area contributed by atoms with Gasteiger partial charge in [-0.05, 0) is 49.1 Å².